The van der Waals surface area contributed by atoms with Gasteiger partial charge in [0, 0.05) is 18.7 Å². The van der Waals surface area contributed by atoms with Gasteiger partial charge in [-0.2, -0.15) is 0 Å². The monoisotopic (exact) mass is 367 g/mol. The Labute approximate surface area is 156 Å². The maximum Gasteiger partial charge on any atom is 0.257 e. The molecular formula is C20H22FN5O. The van der Waals surface area contributed by atoms with Gasteiger partial charge in [0.25, 0.3) is 5.91 Å². The SMILES string of the molecule is Cc1nc(C(C)C)ncc1C(=O)N1CCC[C@H]1c1nc2ccc(F)cc2[nH]1. The summed E-state index contributed by atoms with van der Waals surface area (Å²) in [6.45, 7) is 6.55. The Hall–Kier alpha value is -2.83. The van der Waals surface area contributed by atoms with E-state index < -0.39 is 0 Å². The standard InChI is InChI=1S/C20H22FN5O/c1-11(2)18-22-10-14(12(3)23-18)20(27)26-8-4-5-17(26)19-24-15-7-6-13(21)9-16(15)25-19/h6-7,9-11,17H,4-5,8H2,1-3H3,(H,24,25)/t17-/m0/s1. The fraction of sp³-hybridized carbons (Fsp3) is 0.400. The maximum atomic E-state index is 13.5. The van der Waals surface area contributed by atoms with Crippen LogP contribution < -0.4 is 0 Å². The van der Waals surface area contributed by atoms with E-state index in [2.05, 4.69) is 19.9 Å². The Bertz CT molecular complexity index is 1010. The Kier molecular flexibility index (Phi) is 4.37. The van der Waals surface area contributed by atoms with Crippen molar-refractivity contribution in [1.82, 2.24) is 24.8 Å². The largest absolute Gasteiger partial charge is 0.340 e. The van der Waals surface area contributed by atoms with Gasteiger partial charge >= 0.3 is 0 Å². The number of nitrogens with zero attached hydrogens (tertiary/aromatic N) is 4. The first kappa shape index (κ1) is 17.6. The van der Waals surface area contributed by atoms with E-state index in [0.717, 1.165) is 18.7 Å². The molecule has 1 aliphatic rings. The van der Waals surface area contributed by atoms with Gasteiger partial charge in [-0.1, -0.05) is 13.8 Å². The second-order valence-electron chi connectivity index (χ2n) is 7.32. The number of aryl methyl sites for hydroxylation is 1. The number of halogens is 1. The van der Waals surface area contributed by atoms with Crippen LogP contribution in [0.3, 0.4) is 0 Å². The number of aromatic nitrogens is 4. The number of hydrogen-bond acceptors (Lipinski definition) is 4. The number of imidazole rings is 1. The first-order chi connectivity index (χ1) is 12.9. The number of rotatable bonds is 3. The third-order valence-corrected chi connectivity index (χ3v) is 5.04. The molecule has 1 saturated heterocycles. The molecule has 6 nitrogen and oxygen atoms in total. The first-order valence-corrected chi connectivity index (χ1v) is 9.23. The lowest BCUT2D eigenvalue weighted by atomic mass is 10.1. The smallest absolute Gasteiger partial charge is 0.257 e. The van der Waals surface area contributed by atoms with Crippen LogP contribution in [0.4, 0.5) is 4.39 Å². The zero-order valence-corrected chi connectivity index (χ0v) is 15.7. The molecule has 0 radical (unpaired) electrons. The number of benzene rings is 1. The van der Waals surface area contributed by atoms with Gasteiger partial charge in [-0.05, 0) is 38.0 Å². The van der Waals surface area contributed by atoms with E-state index in [9.17, 15) is 9.18 Å². The first-order valence-electron chi connectivity index (χ1n) is 9.23. The van der Waals surface area contributed by atoms with Gasteiger partial charge < -0.3 is 9.88 Å². The predicted octanol–water partition coefficient (Wildman–Crippen LogP) is 3.90. The summed E-state index contributed by atoms with van der Waals surface area (Å²) in [7, 11) is 0. The summed E-state index contributed by atoms with van der Waals surface area (Å²) in [6, 6.07) is 4.31. The van der Waals surface area contributed by atoms with E-state index in [4.69, 9.17) is 0 Å². The third-order valence-electron chi connectivity index (χ3n) is 5.04. The lowest BCUT2D eigenvalue weighted by molar-refractivity contribution is 0.0728. The highest BCUT2D eigenvalue weighted by Crippen LogP contribution is 2.33. The van der Waals surface area contributed by atoms with Crippen molar-refractivity contribution in [2.45, 2.75) is 45.6 Å². The molecule has 1 amide bonds. The average molecular weight is 367 g/mol. The van der Waals surface area contributed by atoms with Crippen LogP contribution >= 0.6 is 0 Å². The second-order valence-corrected chi connectivity index (χ2v) is 7.32. The number of nitrogens with one attached hydrogen (secondary N) is 1. The van der Waals surface area contributed by atoms with E-state index in [-0.39, 0.29) is 23.7 Å². The van der Waals surface area contributed by atoms with Crippen LogP contribution in [0.2, 0.25) is 0 Å². The minimum absolute atomic E-state index is 0.0862. The number of likely N-dealkylation sites (tertiary alicyclic amines) is 1. The lowest BCUT2D eigenvalue weighted by Gasteiger charge is -2.23. The van der Waals surface area contributed by atoms with Gasteiger partial charge in [-0.3, -0.25) is 4.79 Å². The van der Waals surface area contributed by atoms with Crippen LogP contribution in [0.1, 0.15) is 66.3 Å². The van der Waals surface area contributed by atoms with Crippen molar-refractivity contribution >= 4 is 16.9 Å². The molecule has 0 bridgehead atoms. The molecule has 1 aromatic carbocycles. The molecule has 0 saturated carbocycles. The molecule has 140 valence electrons. The number of fused-ring (bicyclic) bond motifs is 1. The molecule has 3 heterocycles. The van der Waals surface area contributed by atoms with Gasteiger partial charge in [0.2, 0.25) is 0 Å². The van der Waals surface area contributed by atoms with Crippen molar-refractivity contribution < 1.29 is 9.18 Å². The maximum absolute atomic E-state index is 13.5. The highest BCUT2D eigenvalue weighted by Gasteiger charge is 2.33. The van der Waals surface area contributed by atoms with Crippen LogP contribution in [0.25, 0.3) is 11.0 Å². The van der Waals surface area contributed by atoms with E-state index >= 15 is 0 Å². The van der Waals surface area contributed by atoms with Crippen molar-refractivity contribution in [3.63, 3.8) is 0 Å². The third kappa shape index (κ3) is 3.18. The van der Waals surface area contributed by atoms with Gasteiger partial charge in [-0.25, -0.2) is 19.3 Å². The van der Waals surface area contributed by atoms with Crippen molar-refractivity contribution in [1.29, 1.82) is 0 Å². The van der Waals surface area contributed by atoms with Gasteiger partial charge in [0.15, 0.2) is 0 Å². The summed E-state index contributed by atoms with van der Waals surface area (Å²) >= 11 is 0. The fourth-order valence-electron chi connectivity index (χ4n) is 3.58. The normalized spacial score (nSPS) is 17.2. The van der Waals surface area contributed by atoms with Crippen molar-refractivity contribution in [3.05, 3.63) is 53.1 Å². The fourth-order valence-corrected chi connectivity index (χ4v) is 3.58. The molecule has 1 atom stereocenters. The molecule has 1 fully saturated rings. The zero-order chi connectivity index (χ0) is 19.1. The number of aromatic amines is 1. The second kappa shape index (κ2) is 6.72. The molecular weight excluding hydrogens is 345 g/mol. The molecule has 0 unspecified atom stereocenters. The van der Waals surface area contributed by atoms with Crippen LogP contribution in [0.5, 0.6) is 0 Å². The Balaban J connectivity index is 1.65. The molecule has 4 rings (SSSR count). The van der Waals surface area contributed by atoms with Crippen LogP contribution in [0, 0.1) is 12.7 Å². The molecule has 0 aliphatic carbocycles. The van der Waals surface area contributed by atoms with Crippen LogP contribution in [0.15, 0.2) is 24.4 Å². The summed E-state index contributed by atoms with van der Waals surface area (Å²) in [6.07, 6.45) is 3.34. The average Bonchev–Trinajstić information content (AvgIpc) is 3.26. The summed E-state index contributed by atoms with van der Waals surface area (Å²) in [4.78, 5) is 31.5. The summed E-state index contributed by atoms with van der Waals surface area (Å²) < 4.78 is 13.5. The topological polar surface area (TPSA) is 74.8 Å². The van der Waals surface area contributed by atoms with Gasteiger partial charge in [0.1, 0.15) is 17.5 Å². The van der Waals surface area contributed by atoms with Gasteiger partial charge in [0.05, 0.1) is 28.3 Å². The minimum atomic E-state index is -0.310. The summed E-state index contributed by atoms with van der Waals surface area (Å²) in [5.74, 6) is 1.25. The van der Waals surface area contributed by atoms with E-state index in [1.54, 1.807) is 12.3 Å². The minimum Gasteiger partial charge on any atom is -0.340 e. The molecule has 3 aromatic rings. The lowest BCUT2D eigenvalue weighted by Crippen LogP contribution is -2.32. The number of carbonyl (C=O) groups excluding carboxylic acids is 1. The summed E-state index contributed by atoms with van der Waals surface area (Å²) in [5.41, 5.74) is 2.56. The van der Waals surface area contributed by atoms with Crippen molar-refractivity contribution in [2.24, 2.45) is 0 Å². The van der Waals surface area contributed by atoms with Crippen molar-refractivity contribution in [2.75, 3.05) is 6.54 Å². The zero-order valence-electron chi connectivity index (χ0n) is 15.7. The molecule has 0 spiro atoms. The molecule has 27 heavy (non-hydrogen) atoms. The predicted molar refractivity (Wildman–Crippen MR) is 99.9 cm³/mol. The Morgan fingerprint density at radius 1 is 1.33 bits per heavy atom. The van der Waals surface area contributed by atoms with E-state index in [0.29, 0.717) is 34.7 Å². The van der Waals surface area contributed by atoms with Gasteiger partial charge in [-0.15, -0.1) is 0 Å². The Morgan fingerprint density at radius 3 is 2.89 bits per heavy atom. The molecule has 2 aromatic heterocycles. The van der Waals surface area contributed by atoms with Crippen LogP contribution in [-0.2, 0) is 0 Å². The van der Waals surface area contributed by atoms with E-state index in [1.165, 1.54) is 12.1 Å². The highest BCUT2D eigenvalue weighted by atomic mass is 19.1. The molecule has 7 heteroatoms. The van der Waals surface area contributed by atoms with Crippen molar-refractivity contribution in [3.8, 4) is 0 Å². The Morgan fingerprint density at radius 2 is 2.15 bits per heavy atom. The van der Waals surface area contributed by atoms with Crippen LogP contribution in [-0.4, -0.2) is 37.3 Å². The number of amides is 1. The molecule has 1 aliphatic heterocycles. The summed E-state index contributed by atoms with van der Waals surface area (Å²) in [5, 5.41) is 0. The van der Waals surface area contributed by atoms with E-state index in [1.807, 2.05) is 25.7 Å². The number of carbonyl (C=O) groups is 1. The number of H-pyrrole nitrogens is 1. The molecule has 1 N–H and O–H groups in total. The highest BCUT2D eigenvalue weighted by molar-refractivity contribution is 5.95. The quantitative estimate of drug-likeness (QED) is 0.762. The number of hydrogen-bond donors (Lipinski definition) is 1.